The fourth-order valence-electron chi connectivity index (χ4n) is 1.87. The lowest BCUT2D eigenvalue weighted by molar-refractivity contribution is 0.191. The van der Waals surface area contributed by atoms with E-state index in [1.54, 1.807) is 14.2 Å². The monoisotopic (exact) mass is 281 g/mol. The van der Waals surface area contributed by atoms with Gasteiger partial charge in [0.05, 0.1) is 6.61 Å². The first-order valence-electron chi connectivity index (χ1n) is 6.53. The number of hydrogen-bond acceptors (Lipinski definition) is 5. The molecule has 1 aromatic rings. The topological polar surface area (TPSA) is 80.3 Å². The minimum absolute atomic E-state index is 0.111. The molecule has 1 rings (SSSR count). The molecule has 20 heavy (non-hydrogen) atoms. The zero-order valence-corrected chi connectivity index (χ0v) is 12.1. The van der Waals surface area contributed by atoms with Crippen LogP contribution in [0.25, 0.3) is 0 Å². The third kappa shape index (κ3) is 5.07. The van der Waals surface area contributed by atoms with E-state index in [1.165, 1.54) is 0 Å². The largest absolute Gasteiger partial charge is 0.409 e. The van der Waals surface area contributed by atoms with Crippen LogP contribution in [0.4, 0.5) is 5.69 Å². The van der Waals surface area contributed by atoms with Gasteiger partial charge in [-0.25, -0.2) is 0 Å². The van der Waals surface area contributed by atoms with E-state index < -0.39 is 0 Å². The van der Waals surface area contributed by atoms with Gasteiger partial charge in [0.25, 0.3) is 0 Å². The summed E-state index contributed by atoms with van der Waals surface area (Å²) in [5.41, 5.74) is 7.32. The number of amidine groups is 1. The van der Waals surface area contributed by atoms with Gasteiger partial charge < -0.3 is 25.3 Å². The van der Waals surface area contributed by atoms with Crippen molar-refractivity contribution in [2.75, 3.05) is 45.4 Å². The van der Waals surface area contributed by atoms with Crippen molar-refractivity contribution in [3.8, 4) is 0 Å². The second-order valence-corrected chi connectivity index (χ2v) is 4.36. The van der Waals surface area contributed by atoms with E-state index in [0.717, 1.165) is 31.8 Å². The van der Waals surface area contributed by atoms with E-state index in [1.807, 2.05) is 24.3 Å². The predicted molar refractivity (Wildman–Crippen MR) is 79.5 cm³/mol. The van der Waals surface area contributed by atoms with Crippen LogP contribution in [0.2, 0.25) is 0 Å². The maximum Gasteiger partial charge on any atom is 0.170 e. The van der Waals surface area contributed by atoms with Gasteiger partial charge in [-0.05, 0) is 30.7 Å². The second kappa shape index (κ2) is 9.17. The summed E-state index contributed by atoms with van der Waals surface area (Å²) in [5, 5.41) is 11.6. The van der Waals surface area contributed by atoms with Crippen LogP contribution in [0.5, 0.6) is 0 Å². The first-order chi connectivity index (χ1) is 9.72. The van der Waals surface area contributed by atoms with E-state index in [9.17, 15) is 0 Å². The molecule has 0 amide bonds. The quantitative estimate of drug-likeness (QED) is 0.234. The van der Waals surface area contributed by atoms with Gasteiger partial charge >= 0.3 is 0 Å². The van der Waals surface area contributed by atoms with Gasteiger partial charge in [-0.2, -0.15) is 0 Å². The summed E-state index contributed by atoms with van der Waals surface area (Å²) in [5.74, 6) is 0.111. The van der Waals surface area contributed by atoms with Crippen LogP contribution in [0.1, 0.15) is 12.0 Å². The predicted octanol–water partition coefficient (Wildman–Crippen LogP) is 1.27. The molecule has 0 aromatic heterocycles. The third-order valence-electron chi connectivity index (χ3n) is 2.98. The van der Waals surface area contributed by atoms with Crippen molar-refractivity contribution in [1.29, 1.82) is 0 Å². The molecule has 0 radical (unpaired) electrons. The first-order valence-corrected chi connectivity index (χ1v) is 6.53. The summed E-state index contributed by atoms with van der Waals surface area (Å²) in [6, 6.07) is 7.58. The number of benzene rings is 1. The Labute approximate surface area is 119 Å². The fourth-order valence-corrected chi connectivity index (χ4v) is 1.87. The summed E-state index contributed by atoms with van der Waals surface area (Å²) < 4.78 is 10.2. The van der Waals surface area contributed by atoms with E-state index in [0.29, 0.717) is 12.2 Å². The van der Waals surface area contributed by atoms with Gasteiger partial charge in [0.2, 0.25) is 0 Å². The lowest BCUT2D eigenvalue weighted by Gasteiger charge is -2.24. The highest BCUT2D eigenvalue weighted by atomic mass is 16.5. The zero-order valence-electron chi connectivity index (χ0n) is 12.1. The third-order valence-corrected chi connectivity index (χ3v) is 2.98. The molecule has 0 saturated heterocycles. The Morgan fingerprint density at radius 1 is 1.15 bits per heavy atom. The Morgan fingerprint density at radius 3 is 2.35 bits per heavy atom. The van der Waals surface area contributed by atoms with Gasteiger partial charge in [0.1, 0.15) is 0 Å². The number of anilines is 1. The Bertz CT molecular complexity index is 407. The van der Waals surface area contributed by atoms with Gasteiger partial charge in [-0.15, -0.1) is 0 Å². The molecule has 0 spiro atoms. The highest BCUT2D eigenvalue weighted by molar-refractivity contribution is 5.97. The van der Waals surface area contributed by atoms with Crippen molar-refractivity contribution in [3.63, 3.8) is 0 Å². The lowest BCUT2D eigenvalue weighted by Crippen LogP contribution is -2.29. The average Bonchev–Trinajstić information content (AvgIpc) is 2.50. The Hall–Kier alpha value is -1.79. The van der Waals surface area contributed by atoms with Crippen molar-refractivity contribution in [1.82, 2.24) is 0 Å². The van der Waals surface area contributed by atoms with E-state index in [4.69, 9.17) is 20.4 Å². The molecule has 3 N–H and O–H groups in total. The molecule has 0 unspecified atom stereocenters. The molecule has 0 aliphatic rings. The first kappa shape index (κ1) is 16.3. The van der Waals surface area contributed by atoms with Crippen molar-refractivity contribution in [2.45, 2.75) is 6.42 Å². The number of nitrogens with zero attached hydrogens (tertiary/aromatic N) is 2. The molecular formula is C14H23N3O3. The van der Waals surface area contributed by atoms with Crippen molar-refractivity contribution in [2.24, 2.45) is 10.9 Å². The zero-order chi connectivity index (χ0) is 14.8. The maximum atomic E-state index is 8.65. The molecule has 112 valence electrons. The summed E-state index contributed by atoms with van der Waals surface area (Å²) >= 11 is 0. The van der Waals surface area contributed by atoms with Crippen LogP contribution in [-0.4, -0.2) is 51.6 Å². The molecule has 0 aliphatic carbocycles. The number of rotatable bonds is 9. The summed E-state index contributed by atoms with van der Waals surface area (Å²) in [4.78, 5) is 2.22. The van der Waals surface area contributed by atoms with Gasteiger partial charge in [-0.1, -0.05) is 5.16 Å². The normalized spacial score (nSPS) is 11.6. The van der Waals surface area contributed by atoms with Gasteiger partial charge in [-0.3, -0.25) is 0 Å². The van der Waals surface area contributed by atoms with E-state index in [-0.39, 0.29) is 5.84 Å². The number of oxime groups is 1. The molecule has 0 bridgehead atoms. The van der Waals surface area contributed by atoms with E-state index in [2.05, 4.69) is 10.1 Å². The van der Waals surface area contributed by atoms with Crippen LogP contribution >= 0.6 is 0 Å². The number of ether oxygens (including phenoxy) is 2. The molecule has 6 nitrogen and oxygen atoms in total. The smallest absolute Gasteiger partial charge is 0.170 e. The van der Waals surface area contributed by atoms with Crippen molar-refractivity contribution < 1.29 is 14.7 Å². The average molecular weight is 281 g/mol. The molecule has 0 saturated carbocycles. The minimum Gasteiger partial charge on any atom is -0.409 e. The van der Waals surface area contributed by atoms with Crippen LogP contribution < -0.4 is 10.6 Å². The second-order valence-electron chi connectivity index (χ2n) is 4.36. The molecule has 0 atom stereocenters. The van der Waals surface area contributed by atoms with Crippen LogP contribution in [0.15, 0.2) is 29.4 Å². The fraction of sp³-hybridized carbons (Fsp3) is 0.500. The number of methoxy groups -OCH3 is 2. The Balaban J connectivity index is 2.73. The Kier molecular flexibility index (Phi) is 7.46. The van der Waals surface area contributed by atoms with Crippen LogP contribution in [0, 0.1) is 0 Å². The summed E-state index contributed by atoms with van der Waals surface area (Å²) in [6.45, 7) is 3.09. The SMILES string of the molecule is COCCCN(CCOC)c1ccc(C(N)=NO)cc1. The number of hydrogen-bond donors (Lipinski definition) is 2. The molecule has 0 fully saturated rings. The molecular weight excluding hydrogens is 258 g/mol. The molecule has 0 heterocycles. The Morgan fingerprint density at radius 2 is 1.80 bits per heavy atom. The van der Waals surface area contributed by atoms with Gasteiger partial charge in [0.15, 0.2) is 5.84 Å². The highest BCUT2D eigenvalue weighted by Gasteiger charge is 2.07. The van der Waals surface area contributed by atoms with Crippen molar-refractivity contribution in [3.05, 3.63) is 29.8 Å². The summed E-state index contributed by atoms with van der Waals surface area (Å²) in [7, 11) is 3.39. The van der Waals surface area contributed by atoms with Crippen molar-refractivity contribution >= 4 is 11.5 Å². The standard InChI is InChI=1S/C14H23N3O3/c1-19-10-3-8-17(9-11-20-2)13-6-4-12(5-7-13)14(15)16-18/h4-7,18H,3,8-11H2,1-2H3,(H2,15,16). The number of nitrogens with two attached hydrogens (primary N) is 1. The molecule has 6 heteroatoms. The minimum atomic E-state index is 0.111. The molecule has 1 aromatic carbocycles. The lowest BCUT2D eigenvalue weighted by atomic mass is 10.1. The van der Waals surface area contributed by atoms with Gasteiger partial charge in [0, 0.05) is 45.2 Å². The highest BCUT2D eigenvalue weighted by Crippen LogP contribution is 2.15. The van der Waals surface area contributed by atoms with E-state index >= 15 is 0 Å². The summed E-state index contributed by atoms with van der Waals surface area (Å²) in [6.07, 6.45) is 0.947. The van der Waals surface area contributed by atoms with Crippen LogP contribution in [0.3, 0.4) is 0 Å². The maximum absolute atomic E-state index is 8.65. The van der Waals surface area contributed by atoms with Crippen LogP contribution in [-0.2, 0) is 9.47 Å². The molecule has 0 aliphatic heterocycles.